The van der Waals surface area contributed by atoms with Gasteiger partial charge < -0.3 is 0 Å². The van der Waals surface area contributed by atoms with Gasteiger partial charge in [0.15, 0.2) is 0 Å². The van der Waals surface area contributed by atoms with Crippen molar-refractivity contribution in [2.75, 3.05) is 19.8 Å². The summed E-state index contributed by atoms with van der Waals surface area (Å²) in [5, 5.41) is 0. The Bertz CT molecular complexity index is 283. The van der Waals surface area contributed by atoms with Crippen LogP contribution in [0.25, 0.3) is 0 Å². The van der Waals surface area contributed by atoms with Gasteiger partial charge >= 0.3 is 7.82 Å². The summed E-state index contributed by atoms with van der Waals surface area (Å²) in [4.78, 5) is 0. The van der Waals surface area contributed by atoms with Crippen molar-refractivity contribution in [3.05, 3.63) is 0 Å². The quantitative estimate of drug-likeness (QED) is 0.500. The third-order valence-electron chi connectivity index (χ3n) is 0.971. The molecule has 0 amide bonds. The van der Waals surface area contributed by atoms with Gasteiger partial charge in [-0.15, -0.1) is 12.8 Å². The Balaban J connectivity index is 4.23. The average Bonchev–Trinajstić information content (AvgIpc) is 2.21. The van der Waals surface area contributed by atoms with Crippen molar-refractivity contribution < 1.29 is 26.9 Å². The monoisotopic (exact) mass is 238 g/mol. The lowest BCUT2D eigenvalue weighted by Gasteiger charge is -2.15. The summed E-state index contributed by atoms with van der Waals surface area (Å²) in [5.74, 6) is 3.99. The molecule has 0 aromatic carbocycles. The number of terminal acetylenes is 2. The molecular weight excluding hydrogens is 229 g/mol. The highest BCUT2D eigenvalue weighted by molar-refractivity contribution is 7.48. The standard InChI is InChI=1S/C8H9F2O4P/c1-3-5-12-15(11,13-6-4-2)14-7-8(9)10/h1-2,8H,5-7H2. The highest BCUT2D eigenvalue weighted by atomic mass is 31.2. The van der Waals surface area contributed by atoms with Crippen LogP contribution in [0, 0.1) is 24.7 Å². The van der Waals surface area contributed by atoms with Crippen LogP contribution in [0.3, 0.4) is 0 Å². The minimum Gasteiger partial charge on any atom is -0.281 e. The molecular formula is C8H9F2O4P. The van der Waals surface area contributed by atoms with Crippen molar-refractivity contribution in [1.82, 2.24) is 0 Å². The van der Waals surface area contributed by atoms with E-state index in [0.717, 1.165) is 0 Å². The number of halogens is 2. The van der Waals surface area contributed by atoms with Crippen molar-refractivity contribution >= 4 is 7.82 Å². The van der Waals surface area contributed by atoms with Gasteiger partial charge in [0, 0.05) is 0 Å². The highest BCUT2D eigenvalue weighted by Crippen LogP contribution is 2.49. The number of hydrogen-bond acceptors (Lipinski definition) is 4. The zero-order chi connectivity index (χ0) is 11.7. The summed E-state index contributed by atoms with van der Waals surface area (Å²) in [7, 11) is -4.07. The van der Waals surface area contributed by atoms with E-state index in [4.69, 9.17) is 12.8 Å². The fourth-order valence-electron chi connectivity index (χ4n) is 0.492. The van der Waals surface area contributed by atoms with Crippen LogP contribution in [-0.2, 0) is 18.1 Å². The first-order valence-electron chi connectivity index (χ1n) is 3.73. The number of rotatable bonds is 7. The second kappa shape index (κ2) is 7.39. The average molecular weight is 238 g/mol. The topological polar surface area (TPSA) is 44.8 Å². The molecule has 7 heteroatoms. The van der Waals surface area contributed by atoms with Gasteiger partial charge in [0.05, 0.1) is 0 Å². The van der Waals surface area contributed by atoms with E-state index in [-0.39, 0.29) is 13.2 Å². The van der Waals surface area contributed by atoms with Crippen LogP contribution in [0.1, 0.15) is 0 Å². The maximum absolute atomic E-state index is 11.8. The molecule has 0 N–H and O–H groups in total. The zero-order valence-electron chi connectivity index (χ0n) is 7.69. The van der Waals surface area contributed by atoms with Gasteiger partial charge in [-0.05, 0) is 0 Å². The molecule has 0 aliphatic carbocycles. The third kappa shape index (κ3) is 7.07. The lowest BCUT2D eigenvalue weighted by molar-refractivity contribution is 0.0491. The fraction of sp³-hybridized carbons (Fsp3) is 0.500. The molecule has 0 fully saturated rings. The van der Waals surface area contributed by atoms with Gasteiger partial charge in [0.2, 0.25) is 0 Å². The van der Waals surface area contributed by atoms with Crippen LogP contribution < -0.4 is 0 Å². The number of alkyl halides is 2. The van der Waals surface area contributed by atoms with E-state index in [1.165, 1.54) is 0 Å². The molecule has 0 bridgehead atoms. The van der Waals surface area contributed by atoms with E-state index in [9.17, 15) is 13.3 Å². The second-order valence-corrected chi connectivity index (χ2v) is 3.76. The van der Waals surface area contributed by atoms with E-state index >= 15 is 0 Å². The van der Waals surface area contributed by atoms with Crippen molar-refractivity contribution in [3.63, 3.8) is 0 Å². The third-order valence-corrected chi connectivity index (χ3v) is 2.33. The van der Waals surface area contributed by atoms with Crippen LogP contribution in [0.15, 0.2) is 0 Å². The molecule has 15 heavy (non-hydrogen) atoms. The molecule has 0 saturated heterocycles. The second-order valence-electron chi connectivity index (χ2n) is 2.09. The van der Waals surface area contributed by atoms with Gasteiger partial charge in [-0.3, -0.25) is 13.6 Å². The maximum Gasteiger partial charge on any atom is 0.476 e. The van der Waals surface area contributed by atoms with E-state index in [1.54, 1.807) is 0 Å². The lowest BCUT2D eigenvalue weighted by atomic mass is 10.8. The predicted molar refractivity (Wildman–Crippen MR) is 49.1 cm³/mol. The molecule has 0 aliphatic heterocycles. The summed E-state index contributed by atoms with van der Waals surface area (Å²) in [6, 6.07) is 0. The zero-order valence-corrected chi connectivity index (χ0v) is 8.58. The molecule has 0 aromatic heterocycles. The molecule has 0 aliphatic rings. The van der Waals surface area contributed by atoms with E-state index in [0.29, 0.717) is 0 Å². The first-order valence-corrected chi connectivity index (χ1v) is 5.19. The molecule has 0 aromatic rings. The number of phosphoric ester groups is 1. The smallest absolute Gasteiger partial charge is 0.281 e. The van der Waals surface area contributed by atoms with Crippen molar-refractivity contribution in [3.8, 4) is 24.7 Å². The largest absolute Gasteiger partial charge is 0.476 e. The molecule has 0 rings (SSSR count). The van der Waals surface area contributed by atoms with Crippen LogP contribution in [0.2, 0.25) is 0 Å². The summed E-state index contributed by atoms with van der Waals surface area (Å²) >= 11 is 0. The Hall–Kier alpha value is -0.910. The fourth-order valence-corrected chi connectivity index (χ4v) is 1.48. The maximum atomic E-state index is 11.8. The molecule has 0 radical (unpaired) electrons. The first-order chi connectivity index (χ1) is 7.04. The lowest BCUT2D eigenvalue weighted by Crippen LogP contribution is -2.07. The number of hydrogen-bond donors (Lipinski definition) is 0. The summed E-state index contributed by atoms with van der Waals surface area (Å²) in [6.45, 7) is -1.84. The normalized spacial score (nSPS) is 11.0. The molecule has 4 nitrogen and oxygen atoms in total. The molecule has 0 heterocycles. The Kier molecular flexibility index (Phi) is 6.94. The van der Waals surface area contributed by atoms with E-state index in [2.05, 4.69) is 13.6 Å². The van der Waals surface area contributed by atoms with Crippen LogP contribution in [0.5, 0.6) is 0 Å². The molecule has 0 saturated carbocycles. The SMILES string of the molecule is C#CCOP(=O)(OCC#C)OCC(F)F. The van der Waals surface area contributed by atoms with Gasteiger partial charge in [-0.25, -0.2) is 13.3 Å². The Morgan fingerprint density at radius 2 is 1.60 bits per heavy atom. The summed E-state index contributed by atoms with van der Waals surface area (Å²) < 4.78 is 48.2. The summed E-state index contributed by atoms with van der Waals surface area (Å²) in [5.41, 5.74) is 0. The Labute approximate surface area is 86.5 Å². The van der Waals surface area contributed by atoms with Gasteiger partial charge in [-0.2, -0.15) is 0 Å². The molecule has 0 unspecified atom stereocenters. The van der Waals surface area contributed by atoms with Crippen LogP contribution >= 0.6 is 7.82 Å². The van der Waals surface area contributed by atoms with E-state index < -0.39 is 20.9 Å². The minimum absolute atomic E-state index is 0.384. The Morgan fingerprint density at radius 1 is 1.13 bits per heavy atom. The van der Waals surface area contributed by atoms with Gasteiger partial charge in [0.1, 0.15) is 19.8 Å². The summed E-state index contributed by atoms with van der Waals surface area (Å²) in [6.07, 6.45) is 6.86. The number of phosphoric acid groups is 1. The molecule has 84 valence electrons. The Morgan fingerprint density at radius 3 is 1.93 bits per heavy atom. The van der Waals surface area contributed by atoms with Crippen LogP contribution in [-0.4, -0.2) is 26.2 Å². The van der Waals surface area contributed by atoms with Crippen molar-refractivity contribution in [2.24, 2.45) is 0 Å². The van der Waals surface area contributed by atoms with Crippen molar-refractivity contribution in [1.29, 1.82) is 0 Å². The first kappa shape index (κ1) is 14.1. The predicted octanol–water partition coefficient (Wildman–Crippen LogP) is 1.68. The molecule has 0 spiro atoms. The molecule has 0 atom stereocenters. The van der Waals surface area contributed by atoms with Crippen LogP contribution in [0.4, 0.5) is 8.78 Å². The van der Waals surface area contributed by atoms with Gasteiger partial charge in [-0.1, -0.05) is 11.8 Å². The highest BCUT2D eigenvalue weighted by Gasteiger charge is 2.27. The minimum atomic E-state index is -4.07. The van der Waals surface area contributed by atoms with Crippen molar-refractivity contribution in [2.45, 2.75) is 6.43 Å². The van der Waals surface area contributed by atoms with Gasteiger partial charge in [0.25, 0.3) is 6.43 Å². The van der Waals surface area contributed by atoms with E-state index in [1.807, 2.05) is 11.8 Å².